The summed E-state index contributed by atoms with van der Waals surface area (Å²) in [6.45, 7) is 5.73. The molecule has 0 radical (unpaired) electrons. The van der Waals surface area contributed by atoms with Gasteiger partial charge in [-0.2, -0.15) is 0 Å². The van der Waals surface area contributed by atoms with Gasteiger partial charge in [0.2, 0.25) is 23.6 Å². The van der Waals surface area contributed by atoms with Crippen LogP contribution < -0.4 is 55.7 Å². The van der Waals surface area contributed by atoms with E-state index in [1.54, 1.807) is 13.8 Å². The third kappa shape index (κ3) is 13.9. The average molecular weight is 781 g/mol. The molecule has 0 spiro atoms. The number of aromatic nitrogens is 4. The fraction of sp³-hybridized carbons (Fsp3) is 0.514. The van der Waals surface area contributed by atoms with Crippen molar-refractivity contribution in [3.05, 3.63) is 47.9 Å². The van der Waals surface area contributed by atoms with Crippen LogP contribution >= 0.6 is 0 Å². The van der Waals surface area contributed by atoms with E-state index in [4.69, 9.17) is 34.4 Å². The lowest BCUT2D eigenvalue weighted by atomic mass is 9.98. The SMILES string of the molecule is CC[C@H](C)[C@H](NC(=O)[C@H](CCCN=C(N)N)NC(=O)c1cn(C[C@H](CCCN=C(N)N)NC(=O)[C@H](C)NC(=O)[C@@H](N)Cc2c[nH]c3ccccc23)nn1)C(N)=O. The number of para-hydroxylation sites is 1. The number of hydrogen-bond donors (Lipinski definition) is 11. The summed E-state index contributed by atoms with van der Waals surface area (Å²) >= 11 is 0. The molecule has 0 bridgehead atoms. The van der Waals surface area contributed by atoms with Crippen molar-refractivity contribution in [3.63, 3.8) is 0 Å². The topological polar surface area (TPSA) is 361 Å². The molecule has 0 saturated carbocycles. The van der Waals surface area contributed by atoms with Gasteiger partial charge in [-0.05, 0) is 56.6 Å². The Labute approximate surface area is 324 Å². The number of hydrogen-bond acceptors (Lipinski definition) is 10. The molecule has 0 saturated heterocycles. The van der Waals surface area contributed by atoms with Gasteiger partial charge in [0.05, 0.1) is 18.8 Å². The van der Waals surface area contributed by atoms with Crippen LogP contribution in [0, 0.1) is 5.92 Å². The van der Waals surface area contributed by atoms with Crippen molar-refractivity contribution >= 4 is 52.4 Å². The zero-order chi connectivity index (χ0) is 41.4. The highest BCUT2D eigenvalue weighted by Gasteiger charge is 2.29. The number of nitrogens with two attached hydrogens (primary N) is 6. The van der Waals surface area contributed by atoms with E-state index < -0.39 is 59.7 Å². The minimum absolute atomic E-state index is 0.0756. The molecule has 21 nitrogen and oxygen atoms in total. The molecule has 17 N–H and O–H groups in total. The number of rotatable bonds is 23. The van der Waals surface area contributed by atoms with Crippen molar-refractivity contribution in [3.8, 4) is 0 Å². The molecule has 3 rings (SSSR count). The summed E-state index contributed by atoms with van der Waals surface area (Å²) in [4.78, 5) is 76.1. The first-order chi connectivity index (χ1) is 26.6. The quantitative estimate of drug-likeness (QED) is 0.0271. The Hall–Kier alpha value is -6.25. The Morgan fingerprint density at radius 1 is 0.857 bits per heavy atom. The largest absolute Gasteiger partial charge is 0.370 e. The molecule has 2 heterocycles. The second kappa shape index (κ2) is 21.6. The maximum Gasteiger partial charge on any atom is 0.274 e. The Balaban J connectivity index is 1.68. The van der Waals surface area contributed by atoms with Crippen molar-refractivity contribution in [1.29, 1.82) is 0 Å². The Kier molecular flexibility index (Phi) is 17.0. The lowest BCUT2D eigenvalue weighted by Gasteiger charge is -2.24. The van der Waals surface area contributed by atoms with Crippen molar-refractivity contribution in [2.45, 2.75) is 96.1 Å². The maximum atomic E-state index is 13.3. The van der Waals surface area contributed by atoms with Gasteiger partial charge in [-0.15, -0.1) is 5.10 Å². The van der Waals surface area contributed by atoms with E-state index in [-0.39, 0.29) is 56.0 Å². The molecule has 0 fully saturated rings. The highest BCUT2D eigenvalue weighted by atomic mass is 16.2. The zero-order valence-corrected chi connectivity index (χ0v) is 32.0. The van der Waals surface area contributed by atoms with Gasteiger partial charge in [0.25, 0.3) is 5.91 Å². The lowest BCUT2D eigenvalue weighted by Crippen LogP contribution is -2.55. The molecular formula is C35H56N16O5. The Morgan fingerprint density at radius 2 is 1.52 bits per heavy atom. The number of guanidine groups is 2. The van der Waals surface area contributed by atoms with Crippen molar-refractivity contribution < 1.29 is 24.0 Å². The zero-order valence-electron chi connectivity index (χ0n) is 32.0. The maximum absolute atomic E-state index is 13.3. The van der Waals surface area contributed by atoms with Crippen LogP contribution in [0.4, 0.5) is 0 Å². The van der Waals surface area contributed by atoms with Crippen LogP contribution in [0.25, 0.3) is 10.9 Å². The summed E-state index contributed by atoms with van der Waals surface area (Å²) in [7, 11) is 0. The molecule has 21 heteroatoms. The molecule has 0 aliphatic rings. The standard InChI is InChI=1S/C35H56N16O5/c1-4-19(2)28(29(37)52)48-32(55)26(12-8-14-43-35(40)41)47-33(56)27-18-51(50-49-27)17-22(9-7-13-42-34(38)39)46-30(53)20(3)45-31(54)24(36)15-21-16-44-25-11-6-5-10-23(21)25/h5-6,10-11,16,18-20,22,24,26,28,44H,4,7-9,12-15,17,36H2,1-3H3,(H2,37,52)(H,45,54)(H,46,53)(H,47,56)(H,48,55)(H4,38,39,42)(H4,40,41,43)/t19-,20-,22-,24-,26-,28-/m0/s1. The third-order valence-corrected chi connectivity index (χ3v) is 9.12. The van der Waals surface area contributed by atoms with Crippen molar-refractivity contribution in [1.82, 2.24) is 41.2 Å². The van der Waals surface area contributed by atoms with Crippen LogP contribution in [0.3, 0.4) is 0 Å². The molecule has 2 aromatic heterocycles. The monoisotopic (exact) mass is 780 g/mol. The number of primary amides is 1. The van der Waals surface area contributed by atoms with Crippen LogP contribution in [-0.4, -0.2) is 105 Å². The highest BCUT2D eigenvalue weighted by molar-refractivity contribution is 5.97. The number of fused-ring (bicyclic) bond motifs is 1. The van der Waals surface area contributed by atoms with E-state index >= 15 is 0 Å². The van der Waals surface area contributed by atoms with Crippen molar-refractivity contribution in [2.75, 3.05) is 13.1 Å². The third-order valence-electron chi connectivity index (χ3n) is 9.12. The Bertz CT molecular complexity index is 1850. The highest BCUT2D eigenvalue weighted by Crippen LogP contribution is 2.19. The molecule has 0 aliphatic carbocycles. The molecule has 1 aromatic carbocycles. The van der Waals surface area contributed by atoms with E-state index in [1.807, 2.05) is 37.4 Å². The number of nitrogens with one attached hydrogen (secondary N) is 5. The predicted molar refractivity (Wildman–Crippen MR) is 211 cm³/mol. The minimum atomic E-state index is -1.09. The lowest BCUT2D eigenvalue weighted by molar-refractivity contribution is -0.129. The molecule has 0 unspecified atom stereocenters. The summed E-state index contributed by atoms with van der Waals surface area (Å²) in [6, 6.07) is 3.20. The first kappa shape index (κ1) is 44.1. The van der Waals surface area contributed by atoms with Gasteiger partial charge in [0.15, 0.2) is 17.6 Å². The number of benzene rings is 1. The summed E-state index contributed by atoms with van der Waals surface area (Å²) < 4.78 is 1.36. The second-order valence-electron chi connectivity index (χ2n) is 13.6. The van der Waals surface area contributed by atoms with Crippen LogP contribution in [-0.2, 0) is 32.1 Å². The molecule has 5 amide bonds. The Morgan fingerprint density at radius 3 is 2.16 bits per heavy atom. The van der Waals surface area contributed by atoms with Crippen LogP contribution in [0.2, 0.25) is 0 Å². The van der Waals surface area contributed by atoms with E-state index in [1.165, 1.54) is 10.9 Å². The summed E-state index contributed by atoms with van der Waals surface area (Å²) in [5.41, 5.74) is 35.2. The number of nitrogens with zero attached hydrogens (tertiary/aromatic N) is 5. The molecule has 3 aromatic rings. The summed E-state index contributed by atoms with van der Waals surface area (Å²) in [6.07, 6.45) is 5.31. The van der Waals surface area contributed by atoms with Gasteiger partial charge in [-0.1, -0.05) is 43.7 Å². The number of aromatic amines is 1. The minimum Gasteiger partial charge on any atom is -0.370 e. The van der Waals surface area contributed by atoms with Crippen LogP contribution in [0.1, 0.15) is 68.9 Å². The first-order valence-electron chi connectivity index (χ1n) is 18.4. The van der Waals surface area contributed by atoms with Crippen molar-refractivity contribution in [2.24, 2.45) is 50.3 Å². The predicted octanol–water partition coefficient (Wildman–Crippen LogP) is -2.46. The van der Waals surface area contributed by atoms with E-state index in [2.05, 4.69) is 46.5 Å². The second-order valence-corrected chi connectivity index (χ2v) is 13.6. The first-order valence-corrected chi connectivity index (χ1v) is 18.4. The number of carbonyl (C=O) groups is 5. The fourth-order valence-corrected chi connectivity index (χ4v) is 5.80. The van der Waals surface area contributed by atoms with Gasteiger partial charge < -0.3 is 60.7 Å². The van der Waals surface area contributed by atoms with Gasteiger partial charge in [0.1, 0.15) is 18.1 Å². The van der Waals surface area contributed by atoms with Gasteiger partial charge in [0, 0.05) is 36.2 Å². The normalized spacial score (nSPS) is 14.3. The van der Waals surface area contributed by atoms with Gasteiger partial charge in [-0.25, -0.2) is 4.68 Å². The molecule has 0 aliphatic heterocycles. The number of aliphatic imine (C=N–C) groups is 2. The number of carbonyl (C=O) groups excluding carboxylic acids is 5. The van der Waals surface area contributed by atoms with E-state index in [9.17, 15) is 24.0 Å². The molecule has 6 atom stereocenters. The molecular weight excluding hydrogens is 724 g/mol. The number of amides is 5. The smallest absolute Gasteiger partial charge is 0.274 e. The molecule has 56 heavy (non-hydrogen) atoms. The van der Waals surface area contributed by atoms with Gasteiger partial charge >= 0.3 is 0 Å². The van der Waals surface area contributed by atoms with E-state index in [0.29, 0.717) is 25.7 Å². The molecule has 306 valence electrons. The van der Waals surface area contributed by atoms with E-state index in [0.717, 1.165) is 16.5 Å². The summed E-state index contributed by atoms with van der Waals surface area (Å²) in [5.74, 6) is -3.48. The number of H-pyrrole nitrogens is 1. The van der Waals surface area contributed by atoms with Gasteiger partial charge in [-0.3, -0.25) is 34.0 Å². The van der Waals surface area contributed by atoms with Crippen LogP contribution in [0.15, 0.2) is 46.6 Å². The van der Waals surface area contributed by atoms with Crippen LogP contribution in [0.5, 0.6) is 0 Å². The average Bonchev–Trinajstić information content (AvgIpc) is 3.79. The fourth-order valence-electron chi connectivity index (χ4n) is 5.80. The summed E-state index contributed by atoms with van der Waals surface area (Å²) in [5, 5.41) is 19.9.